The average molecular weight is 207 g/mol. The Morgan fingerprint density at radius 3 is 2.67 bits per heavy atom. The maximum atomic E-state index is 11.8. The Balaban J connectivity index is 2.54. The standard InChI is InChI=1S/C11H13NO3/c12-8-3-1-2-6-4-9(13)10(14)5-7(6)11(8)15/h4-5,8,13-14H,1-3,12H2/t8-/m0/s1. The highest BCUT2D eigenvalue weighted by atomic mass is 16.3. The van der Waals surface area contributed by atoms with E-state index in [-0.39, 0.29) is 17.3 Å². The van der Waals surface area contributed by atoms with Crippen molar-refractivity contribution in [3.63, 3.8) is 0 Å². The Hall–Kier alpha value is -1.55. The number of carbonyl (C=O) groups excluding carboxylic acids is 1. The summed E-state index contributed by atoms with van der Waals surface area (Å²) >= 11 is 0. The second-order valence-electron chi connectivity index (χ2n) is 3.86. The number of hydrogen-bond donors (Lipinski definition) is 3. The number of benzene rings is 1. The lowest BCUT2D eigenvalue weighted by Gasteiger charge is -2.08. The van der Waals surface area contributed by atoms with Crippen LogP contribution >= 0.6 is 0 Å². The summed E-state index contributed by atoms with van der Waals surface area (Å²) in [6, 6.07) is 2.26. The van der Waals surface area contributed by atoms with Crippen molar-refractivity contribution in [3.8, 4) is 11.5 Å². The molecule has 0 amide bonds. The minimum Gasteiger partial charge on any atom is -0.504 e. The van der Waals surface area contributed by atoms with Crippen molar-refractivity contribution in [1.29, 1.82) is 0 Å². The number of nitrogens with two attached hydrogens (primary N) is 1. The third kappa shape index (κ3) is 1.68. The fourth-order valence-corrected chi connectivity index (χ4v) is 1.90. The number of phenols is 2. The van der Waals surface area contributed by atoms with E-state index >= 15 is 0 Å². The molecule has 2 rings (SSSR count). The van der Waals surface area contributed by atoms with E-state index in [9.17, 15) is 15.0 Å². The Morgan fingerprint density at radius 1 is 1.27 bits per heavy atom. The zero-order valence-electron chi connectivity index (χ0n) is 8.23. The average Bonchev–Trinajstić information content (AvgIpc) is 2.32. The van der Waals surface area contributed by atoms with E-state index in [4.69, 9.17) is 5.73 Å². The van der Waals surface area contributed by atoms with Crippen LogP contribution in [0.25, 0.3) is 0 Å². The SMILES string of the molecule is N[C@H]1CCCc2cc(O)c(O)cc2C1=O. The van der Waals surface area contributed by atoms with Crippen LogP contribution in [0.2, 0.25) is 0 Å². The largest absolute Gasteiger partial charge is 0.504 e. The molecule has 0 spiro atoms. The normalized spacial score (nSPS) is 20.9. The summed E-state index contributed by atoms with van der Waals surface area (Å²) < 4.78 is 0. The Bertz CT molecular complexity index is 415. The Kier molecular flexibility index (Phi) is 2.36. The quantitative estimate of drug-likeness (QED) is 0.436. The second kappa shape index (κ2) is 3.55. The molecule has 1 atom stereocenters. The highest BCUT2D eigenvalue weighted by Gasteiger charge is 2.23. The van der Waals surface area contributed by atoms with E-state index in [0.29, 0.717) is 18.4 Å². The summed E-state index contributed by atoms with van der Waals surface area (Å²) in [6.07, 6.45) is 2.18. The summed E-state index contributed by atoms with van der Waals surface area (Å²) in [6.45, 7) is 0. The summed E-state index contributed by atoms with van der Waals surface area (Å²) in [4.78, 5) is 11.8. The number of phenolic OH excluding ortho intramolecular Hbond substituents is 2. The van der Waals surface area contributed by atoms with Gasteiger partial charge in [0.25, 0.3) is 0 Å². The summed E-state index contributed by atoms with van der Waals surface area (Å²) in [7, 11) is 0. The van der Waals surface area contributed by atoms with E-state index in [2.05, 4.69) is 0 Å². The van der Waals surface area contributed by atoms with Gasteiger partial charge in [-0.25, -0.2) is 0 Å². The number of aryl methyl sites for hydroxylation is 1. The van der Waals surface area contributed by atoms with Crippen molar-refractivity contribution in [1.82, 2.24) is 0 Å². The Labute approximate surface area is 87.3 Å². The molecule has 1 aromatic rings. The summed E-state index contributed by atoms with van der Waals surface area (Å²) in [5.74, 6) is -0.606. The predicted molar refractivity (Wildman–Crippen MR) is 55.0 cm³/mol. The third-order valence-corrected chi connectivity index (χ3v) is 2.76. The maximum Gasteiger partial charge on any atom is 0.179 e. The lowest BCUT2D eigenvalue weighted by atomic mass is 10.00. The monoisotopic (exact) mass is 207 g/mol. The van der Waals surface area contributed by atoms with Crippen LogP contribution in [0.3, 0.4) is 0 Å². The maximum absolute atomic E-state index is 11.8. The molecule has 15 heavy (non-hydrogen) atoms. The van der Waals surface area contributed by atoms with Gasteiger partial charge in [0, 0.05) is 5.56 Å². The van der Waals surface area contributed by atoms with Gasteiger partial charge >= 0.3 is 0 Å². The first-order valence-corrected chi connectivity index (χ1v) is 4.94. The van der Waals surface area contributed by atoms with E-state index < -0.39 is 6.04 Å². The van der Waals surface area contributed by atoms with Crippen molar-refractivity contribution in [2.24, 2.45) is 5.73 Å². The zero-order chi connectivity index (χ0) is 11.0. The van der Waals surface area contributed by atoms with Crippen LogP contribution in [0.1, 0.15) is 28.8 Å². The molecular weight excluding hydrogens is 194 g/mol. The third-order valence-electron chi connectivity index (χ3n) is 2.76. The van der Waals surface area contributed by atoms with Gasteiger partial charge in [-0.2, -0.15) is 0 Å². The first-order chi connectivity index (χ1) is 7.09. The van der Waals surface area contributed by atoms with E-state index in [0.717, 1.165) is 12.0 Å². The van der Waals surface area contributed by atoms with Crippen LogP contribution in [0.15, 0.2) is 12.1 Å². The van der Waals surface area contributed by atoms with E-state index in [1.807, 2.05) is 0 Å². The van der Waals surface area contributed by atoms with Crippen LogP contribution < -0.4 is 5.73 Å². The van der Waals surface area contributed by atoms with Crippen molar-refractivity contribution >= 4 is 5.78 Å². The van der Waals surface area contributed by atoms with E-state index in [1.54, 1.807) is 0 Å². The van der Waals surface area contributed by atoms with Crippen molar-refractivity contribution in [2.45, 2.75) is 25.3 Å². The van der Waals surface area contributed by atoms with Gasteiger partial charge in [0.2, 0.25) is 0 Å². The highest BCUT2D eigenvalue weighted by molar-refractivity contribution is 6.02. The molecule has 0 saturated carbocycles. The highest BCUT2D eigenvalue weighted by Crippen LogP contribution is 2.31. The van der Waals surface area contributed by atoms with Gasteiger partial charge in [-0.15, -0.1) is 0 Å². The fourth-order valence-electron chi connectivity index (χ4n) is 1.90. The van der Waals surface area contributed by atoms with Crippen LogP contribution in [-0.4, -0.2) is 22.0 Å². The topological polar surface area (TPSA) is 83.6 Å². The van der Waals surface area contributed by atoms with Gasteiger partial charge in [0.15, 0.2) is 17.3 Å². The predicted octanol–water partition coefficient (Wildman–Crippen LogP) is 0.944. The molecule has 0 heterocycles. The molecule has 0 bridgehead atoms. The summed E-state index contributed by atoms with van der Waals surface area (Å²) in [5.41, 5.74) is 6.89. The first kappa shape index (κ1) is 9.98. The minimum atomic E-state index is -0.491. The Morgan fingerprint density at radius 2 is 1.93 bits per heavy atom. The molecule has 4 heteroatoms. The summed E-state index contributed by atoms with van der Waals surface area (Å²) in [5, 5.41) is 18.7. The van der Waals surface area contributed by atoms with Gasteiger partial charge in [-0.3, -0.25) is 4.79 Å². The smallest absolute Gasteiger partial charge is 0.179 e. The van der Waals surface area contributed by atoms with Gasteiger partial charge in [-0.1, -0.05) is 0 Å². The molecule has 80 valence electrons. The van der Waals surface area contributed by atoms with Crippen LogP contribution in [0, 0.1) is 0 Å². The minimum absolute atomic E-state index is 0.155. The zero-order valence-corrected chi connectivity index (χ0v) is 8.23. The molecule has 4 N–H and O–H groups in total. The second-order valence-corrected chi connectivity index (χ2v) is 3.86. The number of hydrogen-bond acceptors (Lipinski definition) is 4. The molecule has 0 saturated heterocycles. The van der Waals surface area contributed by atoms with Gasteiger partial charge in [0.05, 0.1) is 6.04 Å². The number of aromatic hydroxyl groups is 2. The molecule has 4 nitrogen and oxygen atoms in total. The molecule has 0 aliphatic heterocycles. The van der Waals surface area contributed by atoms with Crippen LogP contribution in [-0.2, 0) is 6.42 Å². The lowest BCUT2D eigenvalue weighted by Crippen LogP contribution is -2.29. The van der Waals surface area contributed by atoms with Gasteiger partial charge in [-0.05, 0) is 37.0 Å². The number of rotatable bonds is 0. The fraction of sp³-hybridized carbons (Fsp3) is 0.364. The molecule has 0 unspecified atom stereocenters. The molecule has 0 radical (unpaired) electrons. The lowest BCUT2D eigenvalue weighted by molar-refractivity contribution is 0.0959. The van der Waals surface area contributed by atoms with Crippen molar-refractivity contribution < 1.29 is 15.0 Å². The molecule has 1 aliphatic rings. The molecule has 1 aromatic carbocycles. The molecule has 0 fully saturated rings. The number of ketones is 1. The first-order valence-electron chi connectivity index (χ1n) is 4.94. The molecule has 1 aliphatic carbocycles. The molecule has 0 aromatic heterocycles. The van der Waals surface area contributed by atoms with Crippen LogP contribution in [0.4, 0.5) is 0 Å². The molecular formula is C11H13NO3. The van der Waals surface area contributed by atoms with Crippen LogP contribution in [0.5, 0.6) is 11.5 Å². The number of fused-ring (bicyclic) bond motifs is 1. The van der Waals surface area contributed by atoms with Crippen molar-refractivity contribution in [3.05, 3.63) is 23.3 Å². The van der Waals surface area contributed by atoms with Gasteiger partial charge < -0.3 is 15.9 Å². The number of carbonyl (C=O) groups is 1. The van der Waals surface area contributed by atoms with Gasteiger partial charge in [0.1, 0.15) is 0 Å². The van der Waals surface area contributed by atoms with E-state index in [1.165, 1.54) is 12.1 Å². The number of Topliss-reactive ketones (excluding diaryl/α,β-unsaturated/α-hetero) is 1. The van der Waals surface area contributed by atoms with Crippen molar-refractivity contribution in [2.75, 3.05) is 0 Å².